The van der Waals surface area contributed by atoms with Crippen LogP contribution >= 0.6 is 23.6 Å². The number of nitrogens with one attached hydrogen (secondary N) is 1. The molecular formula is C18H14N6OS2. The number of aryl methyl sites for hydroxylation is 1. The molecule has 4 rings (SSSR count). The van der Waals surface area contributed by atoms with Gasteiger partial charge in [0.15, 0.2) is 0 Å². The fourth-order valence-corrected chi connectivity index (χ4v) is 3.40. The maximum atomic E-state index is 12.2. The highest BCUT2D eigenvalue weighted by molar-refractivity contribution is 7.71. The van der Waals surface area contributed by atoms with Crippen molar-refractivity contribution >= 4 is 29.8 Å². The molecule has 7 nitrogen and oxygen atoms in total. The van der Waals surface area contributed by atoms with Crippen LogP contribution in [0.3, 0.4) is 0 Å². The number of hydrogen-bond acceptors (Lipinski definition) is 6. The van der Waals surface area contributed by atoms with Crippen LogP contribution < -0.4 is 5.56 Å². The molecule has 0 radical (unpaired) electrons. The third kappa shape index (κ3) is 3.42. The van der Waals surface area contributed by atoms with E-state index in [-0.39, 0.29) is 10.3 Å². The van der Waals surface area contributed by atoms with Crippen LogP contribution in [0.25, 0.3) is 16.3 Å². The summed E-state index contributed by atoms with van der Waals surface area (Å²) < 4.78 is 3.04. The fourth-order valence-electron chi connectivity index (χ4n) is 2.50. The number of thiophene rings is 1. The minimum Gasteiger partial charge on any atom is -0.265 e. The Kier molecular flexibility index (Phi) is 4.61. The number of aromatic amines is 1. The Hall–Kier alpha value is -3.17. The molecule has 4 aromatic rings. The second-order valence-corrected chi connectivity index (χ2v) is 7.00. The van der Waals surface area contributed by atoms with E-state index in [1.807, 2.05) is 54.0 Å². The number of nitrogens with zero attached hydrogens (tertiary/aromatic N) is 5. The van der Waals surface area contributed by atoms with Crippen LogP contribution in [-0.4, -0.2) is 30.9 Å². The maximum absolute atomic E-state index is 12.2. The van der Waals surface area contributed by atoms with E-state index in [9.17, 15) is 4.79 Å². The van der Waals surface area contributed by atoms with Gasteiger partial charge in [-0.25, -0.2) is 4.68 Å². The van der Waals surface area contributed by atoms with Gasteiger partial charge in [0.2, 0.25) is 4.77 Å². The van der Waals surface area contributed by atoms with Gasteiger partial charge in [-0.15, -0.1) is 11.3 Å². The maximum Gasteiger partial charge on any atom is 0.296 e. The van der Waals surface area contributed by atoms with Gasteiger partial charge in [0.25, 0.3) is 5.56 Å². The molecule has 0 saturated heterocycles. The van der Waals surface area contributed by atoms with Crippen molar-refractivity contribution in [2.24, 2.45) is 5.10 Å². The van der Waals surface area contributed by atoms with Gasteiger partial charge in [0, 0.05) is 11.8 Å². The van der Waals surface area contributed by atoms with Crippen LogP contribution in [0.4, 0.5) is 0 Å². The Morgan fingerprint density at radius 3 is 2.78 bits per heavy atom. The van der Waals surface area contributed by atoms with E-state index in [4.69, 9.17) is 17.3 Å². The van der Waals surface area contributed by atoms with Gasteiger partial charge in [-0.05, 0) is 42.7 Å². The number of rotatable bonds is 4. The summed E-state index contributed by atoms with van der Waals surface area (Å²) >= 11 is 6.71. The van der Waals surface area contributed by atoms with Crippen molar-refractivity contribution in [1.82, 2.24) is 24.7 Å². The lowest BCUT2D eigenvalue weighted by molar-refractivity contribution is 0.720. The van der Waals surface area contributed by atoms with Crippen LogP contribution in [0.15, 0.2) is 63.9 Å². The first kappa shape index (κ1) is 17.3. The first-order valence-corrected chi connectivity index (χ1v) is 9.34. The molecule has 3 heterocycles. The van der Waals surface area contributed by atoms with Crippen molar-refractivity contribution in [3.63, 3.8) is 0 Å². The van der Waals surface area contributed by atoms with Gasteiger partial charge in [0.1, 0.15) is 11.4 Å². The largest absolute Gasteiger partial charge is 0.296 e. The second kappa shape index (κ2) is 7.22. The second-order valence-electron chi connectivity index (χ2n) is 5.67. The van der Waals surface area contributed by atoms with E-state index in [2.05, 4.69) is 15.3 Å². The van der Waals surface area contributed by atoms with Crippen LogP contribution in [0, 0.1) is 11.7 Å². The van der Waals surface area contributed by atoms with Gasteiger partial charge in [-0.3, -0.25) is 9.89 Å². The van der Waals surface area contributed by atoms with E-state index >= 15 is 0 Å². The number of aromatic nitrogens is 5. The van der Waals surface area contributed by atoms with Crippen molar-refractivity contribution < 1.29 is 0 Å². The third-order valence-electron chi connectivity index (χ3n) is 3.84. The molecule has 0 aliphatic rings. The van der Waals surface area contributed by atoms with Gasteiger partial charge in [0.05, 0.1) is 16.8 Å². The first-order chi connectivity index (χ1) is 13.1. The molecular weight excluding hydrogens is 380 g/mol. The lowest BCUT2D eigenvalue weighted by atomic mass is 10.2. The zero-order valence-corrected chi connectivity index (χ0v) is 15.9. The lowest BCUT2D eigenvalue weighted by Gasteiger charge is -1.99. The Morgan fingerprint density at radius 1 is 1.22 bits per heavy atom. The summed E-state index contributed by atoms with van der Waals surface area (Å²) in [5, 5.41) is 17.4. The summed E-state index contributed by atoms with van der Waals surface area (Å²) in [5.74, 6) is 0. The minimum absolute atomic E-state index is 0.134. The Morgan fingerprint density at radius 2 is 2.04 bits per heavy atom. The average Bonchev–Trinajstić information content (AvgIpc) is 3.35. The van der Waals surface area contributed by atoms with E-state index in [0.29, 0.717) is 5.69 Å². The van der Waals surface area contributed by atoms with Gasteiger partial charge < -0.3 is 0 Å². The summed E-state index contributed by atoms with van der Waals surface area (Å²) in [6.45, 7) is 1.60. The minimum atomic E-state index is -0.358. The summed E-state index contributed by atoms with van der Waals surface area (Å²) in [5.41, 5.74) is 2.43. The van der Waals surface area contributed by atoms with Crippen molar-refractivity contribution in [1.29, 1.82) is 0 Å². The van der Waals surface area contributed by atoms with Crippen molar-refractivity contribution in [3.8, 4) is 16.3 Å². The van der Waals surface area contributed by atoms with Crippen LogP contribution in [-0.2, 0) is 0 Å². The monoisotopic (exact) mass is 394 g/mol. The van der Waals surface area contributed by atoms with E-state index in [1.165, 1.54) is 0 Å². The molecule has 0 bridgehead atoms. The number of hydrogen-bond donors (Lipinski definition) is 1. The van der Waals surface area contributed by atoms with Crippen LogP contribution in [0.5, 0.6) is 0 Å². The van der Waals surface area contributed by atoms with Crippen molar-refractivity contribution in [3.05, 3.63) is 80.4 Å². The predicted molar refractivity (Wildman–Crippen MR) is 108 cm³/mol. The molecule has 0 saturated carbocycles. The smallest absolute Gasteiger partial charge is 0.265 e. The molecule has 134 valence electrons. The Balaban J connectivity index is 1.83. The highest BCUT2D eigenvalue weighted by Gasteiger charge is 2.12. The third-order valence-corrected chi connectivity index (χ3v) is 4.98. The zero-order valence-electron chi connectivity index (χ0n) is 14.2. The highest BCUT2D eigenvalue weighted by atomic mass is 32.1. The number of para-hydroxylation sites is 1. The van der Waals surface area contributed by atoms with E-state index < -0.39 is 0 Å². The summed E-state index contributed by atoms with van der Waals surface area (Å²) in [4.78, 5) is 13.2. The van der Waals surface area contributed by atoms with Crippen molar-refractivity contribution in [2.75, 3.05) is 0 Å². The zero-order chi connectivity index (χ0) is 18.8. The first-order valence-electron chi connectivity index (χ1n) is 8.05. The molecule has 0 spiro atoms. The van der Waals surface area contributed by atoms with E-state index in [0.717, 1.165) is 26.5 Å². The molecule has 1 N–H and O–H groups in total. The summed E-state index contributed by atoms with van der Waals surface area (Å²) in [7, 11) is 0. The molecule has 0 aliphatic carbocycles. The fraction of sp³-hybridized carbons (Fsp3) is 0.0556. The van der Waals surface area contributed by atoms with Crippen molar-refractivity contribution in [2.45, 2.75) is 6.92 Å². The molecule has 0 fully saturated rings. The van der Waals surface area contributed by atoms with Gasteiger partial charge in [-0.2, -0.15) is 20.0 Å². The molecule has 0 aliphatic heterocycles. The van der Waals surface area contributed by atoms with E-state index in [1.54, 1.807) is 29.2 Å². The van der Waals surface area contributed by atoms with Crippen LogP contribution in [0.1, 0.15) is 11.3 Å². The summed E-state index contributed by atoms with van der Waals surface area (Å²) in [6.07, 6.45) is 3.46. The summed E-state index contributed by atoms with van der Waals surface area (Å²) in [6, 6.07) is 13.8. The van der Waals surface area contributed by atoms with Crippen LogP contribution in [0.2, 0.25) is 0 Å². The molecule has 1 aromatic carbocycles. The van der Waals surface area contributed by atoms with Gasteiger partial charge >= 0.3 is 0 Å². The normalized spacial score (nSPS) is 11.3. The quantitative estimate of drug-likeness (QED) is 0.425. The molecule has 0 amide bonds. The molecule has 27 heavy (non-hydrogen) atoms. The SMILES string of the molecule is Cc1n[nH]c(=S)n(N=Cc2cn(-c3ccccc3)nc2-c2cccs2)c1=O. The topological polar surface area (TPSA) is 80.9 Å². The molecule has 0 atom stereocenters. The average molecular weight is 394 g/mol. The lowest BCUT2D eigenvalue weighted by Crippen LogP contribution is -2.22. The number of H-pyrrole nitrogens is 1. The molecule has 3 aromatic heterocycles. The Labute approximate surface area is 163 Å². The molecule has 0 unspecified atom stereocenters. The Bertz CT molecular complexity index is 1220. The highest BCUT2D eigenvalue weighted by Crippen LogP contribution is 2.26. The molecule has 9 heteroatoms. The predicted octanol–water partition coefficient (Wildman–Crippen LogP) is 3.41. The van der Waals surface area contributed by atoms with Gasteiger partial charge in [-0.1, -0.05) is 24.3 Å². The standard InChI is InChI=1S/C18H14N6OS2/c1-12-17(25)24(18(26)21-20-12)19-10-13-11-23(14-6-3-2-4-7-14)22-16(13)15-8-5-9-27-15/h2-11H,1H3,(H,21,26). The number of benzene rings is 1.